The first kappa shape index (κ1) is 55.1. The van der Waals surface area contributed by atoms with Gasteiger partial charge in [-0.25, -0.2) is 4.57 Å². The van der Waals surface area contributed by atoms with Gasteiger partial charge in [-0.2, -0.15) is 0 Å². The second kappa shape index (κ2) is 40.9. The lowest BCUT2D eigenvalue weighted by molar-refractivity contribution is -0.161. The molecule has 0 saturated carbocycles. The van der Waals surface area contributed by atoms with Gasteiger partial charge in [0.1, 0.15) is 12.7 Å². The monoisotopic (exact) mass is 837 g/mol. The number of allylic oxidation sites excluding steroid dienone is 13. The van der Waals surface area contributed by atoms with Gasteiger partial charge in [0.05, 0.1) is 25.9 Å². The van der Waals surface area contributed by atoms with Crippen molar-refractivity contribution < 1.29 is 52.9 Å². The van der Waals surface area contributed by atoms with Gasteiger partial charge in [-0.1, -0.05) is 144 Å². The normalized spacial score (nSPS) is 15.2. The molecule has 0 spiro atoms. The first-order valence-electron chi connectivity index (χ1n) is 21.7. The van der Waals surface area contributed by atoms with Crippen LogP contribution in [0.3, 0.4) is 0 Å². The van der Waals surface area contributed by atoms with Gasteiger partial charge in [0, 0.05) is 12.8 Å². The molecule has 332 valence electrons. The van der Waals surface area contributed by atoms with Gasteiger partial charge in [-0.05, 0) is 77.0 Å². The summed E-state index contributed by atoms with van der Waals surface area (Å²) in [4.78, 5) is 35.0. The highest BCUT2D eigenvalue weighted by Crippen LogP contribution is 2.43. The summed E-state index contributed by atoms with van der Waals surface area (Å²) in [6.45, 7) is 2.05. The number of carbonyl (C=O) groups excluding carboxylic acids is 2. The molecule has 0 radical (unpaired) electrons. The molecule has 2 unspecified atom stereocenters. The Morgan fingerprint density at radius 2 is 1.14 bits per heavy atom. The van der Waals surface area contributed by atoms with E-state index in [4.69, 9.17) is 19.1 Å². The van der Waals surface area contributed by atoms with Gasteiger partial charge in [-0.3, -0.25) is 18.6 Å². The van der Waals surface area contributed by atoms with Crippen LogP contribution in [0, 0.1) is 0 Å². The summed E-state index contributed by atoms with van der Waals surface area (Å²) < 4.78 is 32.6. The highest BCUT2D eigenvalue weighted by atomic mass is 31.2. The molecule has 0 rings (SSSR count). The van der Waals surface area contributed by atoms with Crippen LogP contribution in [-0.4, -0.2) is 76.9 Å². The largest absolute Gasteiger partial charge is 0.472 e. The summed E-state index contributed by atoms with van der Waals surface area (Å²) in [5, 5.41) is 28.5. The molecule has 0 amide bonds. The zero-order valence-electron chi connectivity index (χ0n) is 35.6. The van der Waals surface area contributed by atoms with Gasteiger partial charge < -0.3 is 29.7 Å². The fraction of sp³-hybridized carbons (Fsp3) is 0.652. The molecule has 4 N–H and O–H groups in total. The quantitative estimate of drug-likeness (QED) is 0.0153. The maximum atomic E-state index is 12.6. The lowest BCUT2D eigenvalue weighted by Gasteiger charge is -2.20. The molecule has 0 heterocycles. The highest BCUT2D eigenvalue weighted by Gasteiger charge is 2.27. The van der Waals surface area contributed by atoms with E-state index in [-0.39, 0.29) is 19.4 Å². The van der Waals surface area contributed by atoms with E-state index in [0.29, 0.717) is 19.3 Å². The van der Waals surface area contributed by atoms with Crippen molar-refractivity contribution in [1.29, 1.82) is 0 Å². The number of phosphoric acid groups is 1. The van der Waals surface area contributed by atoms with Crippen molar-refractivity contribution in [2.45, 2.75) is 167 Å². The molecule has 0 saturated heterocycles. The predicted molar refractivity (Wildman–Crippen MR) is 234 cm³/mol. The Hall–Kier alpha value is -2.89. The van der Waals surface area contributed by atoms with E-state index >= 15 is 0 Å². The fourth-order valence-electron chi connectivity index (χ4n) is 5.28. The fourth-order valence-corrected chi connectivity index (χ4v) is 6.07. The Balaban J connectivity index is 4.46. The Bertz CT molecular complexity index is 1250. The maximum absolute atomic E-state index is 12.6. The minimum absolute atomic E-state index is 0.102. The lowest BCUT2D eigenvalue weighted by atomic mass is 10.1. The van der Waals surface area contributed by atoms with Gasteiger partial charge in [-0.15, -0.1) is 0 Å². The van der Waals surface area contributed by atoms with E-state index in [1.165, 1.54) is 25.7 Å². The second-order valence-corrected chi connectivity index (χ2v) is 15.6. The van der Waals surface area contributed by atoms with Crippen molar-refractivity contribution in [3.63, 3.8) is 0 Å². The number of ether oxygens (including phenoxy) is 2. The summed E-state index contributed by atoms with van der Waals surface area (Å²) in [7, 11) is -4.66. The van der Waals surface area contributed by atoms with E-state index in [9.17, 15) is 29.3 Å². The number of carbonyl (C=O) groups is 2. The number of hydrogen-bond donors (Lipinski definition) is 4. The molecule has 0 aromatic heterocycles. The van der Waals surface area contributed by atoms with Crippen LogP contribution in [0.5, 0.6) is 0 Å². The minimum atomic E-state index is -4.66. The summed E-state index contributed by atoms with van der Waals surface area (Å²) in [5.41, 5.74) is 0. The molecule has 4 atom stereocenters. The van der Waals surface area contributed by atoms with E-state index in [0.717, 1.165) is 77.0 Å². The zero-order chi connectivity index (χ0) is 42.8. The van der Waals surface area contributed by atoms with E-state index in [1.807, 2.05) is 18.2 Å². The Morgan fingerprint density at radius 3 is 1.78 bits per heavy atom. The number of aliphatic hydroxyl groups is 3. The van der Waals surface area contributed by atoms with Crippen LogP contribution >= 0.6 is 7.82 Å². The van der Waals surface area contributed by atoms with Crippen LogP contribution in [0.4, 0.5) is 0 Å². The van der Waals surface area contributed by atoms with Crippen LogP contribution < -0.4 is 0 Å². The van der Waals surface area contributed by atoms with Crippen molar-refractivity contribution in [2.75, 3.05) is 26.4 Å². The van der Waals surface area contributed by atoms with Crippen molar-refractivity contribution in [3.05, 3.63) is 85.1 Å². The maximum Gasteiger partial charge on any atom is 0.472 e. The molecule has 0 aromatic rings. The molecule has 0 aliphatic rings. The first-order valence-corrected chi connectivity index (χ1v) is 23.1. The number of aliphatic hydroxyl groups excluding tert-OH is 3. The van der Waals surface area contributed by atoms with E-state index < -0.39 is 57.9 Å². The van der Waals surface area contributed by atoms with Crippen molar-refractivity contribution in [1.82, 2.24) is 0 Å². The molecular formula is C46H77O11P. The number of hydrogen-bond acceptors (Lipinski definition) is 10. The molecular weight excluding hydrogens is 759 g/mol. The minimum Gasteiger partial charge on any atom is -0.462 e. The van der Waals surface area contributed by atoms with Crippen molar-refractivity contribution >= 4 is 19.8 Å². The Morgan fingerprint density at radius 1 is 0.603 bits per heavy atom. The Kier molecular flexibility index (Phi) is 38.8. The molecule has 0 bridgehead atoms. The molecule has 0 aliphatic carbocycles. The topological polar surface area (TPSA) is 169 Å². The predicted octanol–water partition coefficient (Wildman–Crippen LogP) is 10.4. The third-order valence-corrected chi connectivity index (χ3v) is 9.59. The van der Waals surface area contributed by atoms with Crippen LogP contribution in [0.15, 0.2) is 85.1 Å². The van der Waals surface area contributed by atoms with Crippen LogP contribution in [0.25, 0.3) is 0 Å². The average Bonchev–Trinajstić information content (AvgIpc) is 3.21. The standard InChI is InChI=1S/C46H77O11P/c1-3-5-7-9-11-12-13-14-15-16-17-18-19-20-21-22-24-28-32-36-45(50)54-40-44(41-56-58(52,53)55-39-43(49)38-47)57-46(51)37-33-29-25-27-31-35-42(48)34-30-26-23-10-8-6-4-2/h6,8,11-12,14-15,17-18,20-21,23,26,30,34,42-44,47-49H,3-5,7,9-10,13,16,19,22,24-25,27-29,31-33,35-41H2,1-2H3,(H,52,53)/b8-6+,12-11-,15-14-,18-17-,21-20-,26-23+,34-30+/t42?,43-,44+/m0/s1. The molecule has 12 heteroatoms. The second-order valence-electron chi connectivity index (χ2n) is 14.2. The van der Waals surface area contributed by atoms with Crippen LogP contribution in [-0.2, 0) is 32.7 Å². The lowest BCUT2D eigenvalue weighted by Crippen LogP contribution is -2.29. The molecule has 0 aromatic carbocycles. The van der Waals surface area contributed by atoms with Gasteiger partial charge in [0.25, 0.3) is 0 Å². The zero-order valence-corrected chi connectivity index (χ0v) is 36.5. The van der Waals surface area contributed by atoms with Gasteiger partial charge in [0.2, 0.25) is 0 Å². The molecule has 0 aliphatic heterocycles. The third kappa shape index (κ3) is 39.9. The average molecular weight is 837 g/mol. The van der Waals surface area contributed by atoms with Gasteiger partial charge in [0.15, 0.2) is 6.10 Å². The number of unbranched alkanes of at least 4 members (excludes halogenated alkanes) is 10. The summed E-state index contributed by atoms with van der Waals surface area (Å²) in [6, 6.07) is 0. The van der Waals surface area contributed by atoms with Gasteiger partial charge >= 0.3 is 19.8 Å². The smallest absolute Gasteiger partial charge is 0.462 e. The summed E-state index contributed by atoms with van der Waals surface area (Å²) in [5.74, 6) is -1.05. The Labute approximate surface area is 350 Å². The van der Waals surface area contributed by atoms with Crippen LogP contribution in [0.2, 0.25) is 0 Å². The van der Waals surface area contributed by atoms with E-state index in [2.05, 4.69) is 79.1 Å². The number of phosphoric ester groups is 1. The first-order chi connectivity index (χ1) is 28.1. The van der Waals surface area contributed by atoms with E-state index in [1.54, 1.807) is 6.08 Å². The number of rotatable bonds is 39. The van der Waals surface area contributed by atoms with Crippen molar-refractivity contribution in [2.24, 2.45) is 0 Å². The molecule has 11 nitrogen and oxygen atoms in total. The summed E-state index contributed by atoms with van der Waals surface area (Å²) in [6.07, 6.45) is 44.2. The molecule has 58 heavy (non-hydrogen) atoms. The summed E-state index contributed by atoms with van der Waals surface area (Å²) >= 11 is 0. The number of esters is 2. The third-order valence-electron chi connectivity index (χ3n) is 8.64. The molecule has 0 fully saturated rings. The highest BCUT2D eigenvalue weighted by molar-refractivity contribution is 7.47. The van der Waals surface area contributed by atoms with Crippen LogP contribution in [0.1, 0.15) is 149 Å². The van der Waals surface area contributed by atoms with Crippen molar-refractivity contribution in [3.8, 4) is 0 Å². The SMILES string of the molecule is CC/C=C/C/C=C/C=C/C(O)CCCCCCCC(=O)O[C@H](COC(=O)CCCCC/C=C\C/C=C\C/C=C\C/C=C\CCCCC)COP(=O)(O)OC[C@@H](O)CO.